The summed E-state index contributed by atoms with van der Waals surface area (Å²) in [6.45, 7) is 3.99. The molecule has 3 rings (SSSR count). The minimum Gasteiger partial charge on any atom is -0.463 e. The normalized spacial score (nSPS) is 17.4. The van der Waals surface area contributed by atoms with E-state index in [1.807, 2.05) is 31.2 Å². The molecule has 0 aliphatic carbocycles. The van der Waals surface area contributed by atoms with E-state index < -0.39 is 0 Å². The van der Waals surface area contributed by atoms with Gasteiger partial charge in [0.05, 0.1) is 28.4 Å². The van der Waals surface area contributed by atoms with Gasteiger partial charge >= 0.3 is 12.0 Å². The fourth-order valence-corrected chi connectivity index (χ4v) is 4.66. The lowest BCUT2D eigenvalue weighted by atomic mass is 10.0. The third kappa shape index (κ3) is 3.96. The molecule has 0 fully saturated rings. The van der Waals surface area contributed by atoms with Crippen LogP contribution in [0.5, 0.6) is 0 Å². The molecule has 0 unspecified atom stereocenters. The molecule has 1 atom stereocenters. The van der Waals surface area contributed by atoms with Crippen molar-refractivity contribution in [2.75, 3.05) is 12.4 Å². The maximum Gasteiger partial charge on any atom is 0.337 e. The summed E-state index contributed by atoms with van der Waals surface area (Å²) < 4.78 is 7.19. The summed E-state index contributed by atoms with van der Waals surface area (Å²) in [6.07, 6.45) is 0.622. The van der Waals surface area contributed by atoms with Gasteiger partial charge in [-0.3, -0.25) is 0 Å². The Hall–Kier alpha value is -2.06. The Bertz CT molecular complexity index is 798. The first-order valence-corrected chi connectivity index (χ1v) is 9.88. The Kier molecular flexibility index (Phi) is 5.60. The van der Waals surface area contributed by atoms with Gasteiger partial charge in [0.15, 0.2) is 4.34 Å². The number of carbonyl (C=O) groups excluding carboxylic acids is 2. The first-order chi connectivity index (χ1) is 12.1. The summed E-state index contributed by atoms with van der Waals surface area (Å²) in [6, 6.07) is 7.31. The van der Waals surface area contributed by atoms with Crippen LogP contribution >= 0.6 is 23.1 Å². The summed E-state index contributed by atoms with van der Waals surface area (Å²) in [7, 11) is 0. The number of para-hydroxylation sites is 1. The number of urea groups is 1. The van der Waals surface area contributed by atoms with Crippen molar-refractivity contribution >= 4 is 45.3 Å². The topological polar surface area (TPSA) is 80.3 Å². The molecule has 2 heterocycles. The van der Waals surface area contributed by atoms with Crippen LogP contribution in [0.3, 0.4) is 0 Å². The van der Waals surface area contributed by atoms with Crippen molar-refractivity contribution in [2.45, 2.75) is 30.6 Å². The predicted octanol–water partition coefficient (Wildman–Crippen LogP) is 3.30. The van der Waals surface area contributed by atoms with Crippen molar-refractivity contribution in [1.82, 2.24) is 15.6 Å². The van der Waals surface area contributed by atoms with E-state index in [1.165, 1.54) is 11.8 Å². The molecule has 1 aromatic carbocycles. The van der Waals surface area contributed by atoms with Crippen LogP contribution in [0.4, 0.5) is 4.79 Å². The van der Waals surface area contributed by atoms with Gasteiger partial charge in [-0.2, -0.15) is 0 Å². The summed E-state index contributed by atoms with van der Waals surface area (Å²) in [5.74, 6) is 0.0690. The number of esters is 1. The van der Waals surface area contributed by atoms with Gasteiger partial charge in [-0.15, -0.1) is 11.3 Å². The summed E-state index contributed by atoms with van der Waals surface area (Å²) in [5, 5.41) is 5.53. The van der Waals surface area contributed by atoms with Gasteiger partial charge in [0, 0.05) is 11.4 Å². The van der Waals surface area contributed by atoms with Crippen molar-refractivity contribution < 1.29 is 14.3 Å². The second-order valence-corrected chi connectivity index (χ2v) is 7.66. The summed E-state index contributed by atoms with van der Waals surface area (Å²) in [4.78, 5) is 28.8. The molecule has 0 spiro atoms. The highest BCUT2D eigenvalue weighted by Gasteiger charge is 2.31. The van der Waals surface area contributed by atoms with E-state index in [1.54, 1.807) is 18.3 Å². The number of carbonyl (C=O) groups is 2. The molecule has 0 saturated heterocycles. The predicted molar refractivity (Wildman–Crippen MR) is 99.7 cm³/mol. The molecule has 25 heavy (non-hydrogen) atoms. The number of nitrogens with one attached hydrogen (secondary N) is 2. The van der Waals surface area contributed by atoms with Crippen molar-refractivity contribution in [2.24, 2.45) is 0 Å². The molecule has 6 nitrogen and oxygen atoms in total. The number of ether oxygens (including phenoxy) is 1. The number of nitrogens with zero attached hydrogens (tertiary/aromatic N) is 1. The molecule has 0 saturated carbocycles. The molecule has 1 aliphatic heterocycles. The average Bonchev–Trinajstić information content (AvgIpc) is 3.02. The van der Waals surface area contributed by atoms with Crippen molar-refractivity contribution in [1.29, 1.82) is 0 Å². The van der Waals surface area contributed by atoms with Crippen LogP contribution in [0.1, 0.15) is 20.3 Å². The van der Waals surface area contributed by atoms with Crippen molar-refractivity contribution in [3.05, 3.63) is 35.5 Å². The van der Waals surface area contributed by atoms with E-state index >= 15 is 0 Å². The van der Waals surface area contributed by atoms with E-state index in [2.05, 4.69) is 15.6 Å². The quantitative estimate of drug-likeness (QED) is 0.596. The number of thiazole rings is 1. The first-order valence-electron chi connectivity index (χ1n) is 8.08. The summed E-state index contributed by atoms with van der Waals surface area (Å²) >= 11 is 3.10. The molecule has 2 aromatic rings. The minimum absolute atomic E-state index is 0.292. The van der Waals surface area contributed by atoms with Gasteiger partial charge < -0.3 is 15.4 Å². The van der Waals surface area contributed by atoms with Crippen LogP contribution in [0.2, 0.25) is 0 Å². The zero-order chi connectivity index (χ0) is 17.8. The molecular weight excluding hydrogens is 358 g/mol. The van der Waals surface area contributed by atoms with E-state index in [-0.39, 0.29) is 18.0 Å². The second kappa shape index (κ2) is 7.88. The van der Waals surface area contributed by atoms with Crippen LogP contribution < -0.4 is 10.6 Å². The number of hydrogen-bond donors (Lipinski definition) is 2. The SMILES string of the molecule is CCOC(=O)C1=C(CSc2nc3ccccc3s2)NC(=O)N[C@@H]1CC. The number of amides is 2. The minimum atomic E-state index is -0.387. The lowest BCUT2D eigenvalue weighted by Crippen LogP contribution is -2.50. The Balaban J connectivity index is 1.84. The highest BCUT2D eigenvalue weighted by atomic mass is 32.2. The second-order valence-electron chi connectivity index (χ2n) is 5.41. The third-order valence-corrected chi connectivity index (χ3v) is 5.97. The summed E-state index contributed by atoms with van der Waals surface area (Å²) in [5.41, 5.74) is 2.05. The van der Waals surface area contributed by atoms with Gasteiger partial charge in [0.1, 0.15) is 0 Å². The molecule has 1 aliphatic rings. The van der Waals surface area contributed by atoms with E-state index in [0.29, 0.717) is 30.1 Å². The molecule has 1 aromatic heterocycles. The number of hydrogen-bond acceptors (Lipinski definition) is 6. The monoisotopic (exact) mass is 377 g/mol. The zero-order valence-electron chi connectivity index (χ0n) is 14.0. The van der Waals surface area contributed by atoms with Crippen LogP contribution in [-0.4, -0.2) is 35.4 Å². The Morgan fingerprint density at radius 3 is 2.88 bits per heavy atom. The molecule has 0 bridgehead atoms. The third-order valence-electron chi connectivity index (χ3n) is 3.76. The average molecular weight is 377 g/mol. The fourth-order valence-electron chi connectivity index (χ4n) is 2.62. The largest absolute Gasteiger partial charge is 0.463 e. The number of aromatic nitrogens is 1. The van der Waals surface area contributed by atoms with Crippen molar-refractivity contribution in [3.63, 3.8) is 0 Å². The molecule has 2 N–H and O–H groups in total. The van der Waals surface area contributed by atoms with Crippen molar-refractivity contribution in [3.8, 4) is 0 Å². The van der Waals surface area contributed by atoms with Gasteiger partial charge in [0.2, 0.25) is 0 Å². The Morgan fingerprint density at radius 1 is 1.36 bits per heavy atom. The number of fused-ring (bicyclic) bond motifs is 1. The maximum absolute atomic E-state index is 12.3. The zero-order valence-corrected chi connectivity index (χ0v) is 15.6. The highest BCUT2D eigenvalue weighted by molar-refractivity contribution is 8.01. The molecule has 132 valence electrons. The van der Waals surface area contributed by atoms with Crippen LogP contribution in [0.25, 0.3) is 10.2 Å². The molecule has 8 heteroatoms. The van der Waals surface area contributed by atoms with Gasteiger partial charge in [0.25, 0.3) is 0 Å². The lowest BCUT2D eigenvalue weighted by molar-refractivity contribution is -0.139. The Morgan fingerprint density at radius 2 is 2.16 bits per heavy atom. The van der Waals surface area contributed by atoms with E-state index in [4.69, 9.17) is 4.74 Å². The van der Waals surface area contributed by atoms with E-state index in [0.717, 1.165) is 14.6 Å². The maximum atomic E-state index is 12.3. The highest BCUT2D eigenvalue weighted by Crippen LogP contribution is 2.31. The van der Waals surface area contributed by atoms with E-state index in [9.17, 15) is 9.59 Å². The lowest BCUT2D eigenvalue weighted by Gasteiger charge is -2.28. The Labute approximate surface area is 154 Å². The number of rotatable bonds is 6. The van der Waals surface area contributed by atoms with Crippen LogP contribution in [0, 0.1) is 0 Å². The van der Waals surface area contributed by atoms with Gasteiger partial charge in [-0.1, -0.05) is 30.8 Å². The van der Waals surface area contributed by atoms with Gasteiger partial charge in [-0.25, -0.2) is 14.6 Å². The first kappa shape index (κ1) is 17.8. The smallest absolute Gasteiger partial charge is 0.337 e. The number of benzene rings is 1. The van der Waals surface area contributed by atoms with Gasteiger partial charge in [-0.05, 0) is 25.5 Å². The standard InChI is InChI=1S/C17H19N3O3S2/c1-3-10-14(15(21)23-4-2)12(19-16(22)18-10)9-24-17-20-11-7-5-6-8-13(11)25-17/h5-8,10H,3-4,9H2,1-2H3,(H2,18,19,22)/t10-/m1/s1. The molecule has 0 radical (unpaired) electrons. The van der Waals surface area contributed by atoms with Crippen LogP contribution in [-0.2, 0) is 9.53 Å². The number of thioether (sulfide) groups is 1. The van der Waals surface area contributed by atoms with Crippen LogP contribution in [0.15, 0.2) is 39.9 Å². The fraction of sp³-hybridized carbons (Fsp3) is 0.353. The molecule has 2 amide bonds. The molecular formula is C17H19N3O3S2.